The van der Waals surface area contributed by atoms with Gasteiger partial charge in [-0.05, 0) is 24.6 Å². The Kier molecular flexibility index (Phi) is 4.70. The Bertz CT molecular complexity index is 274. The lowest BCUT2D eigenvalue weighted by Gasteiger charge is -1.95. The fourth-order valence-electron chi connectivity index (χ4n) is 0.832. The molecule has 0 atom stereocenters. The summed E-state index contributed by atoms with van der Waals surface area (Å²) in [5, 5.41) is 0. The Balaban J connectivity index is 0.00000121. The van der Waals surface area contributed by atoms with Gasteiger partial charge in [-0.25, -0.2) is 0 Å². The summed E-state index contributed by atoms with van der Waals surface area (Å²) in [6.07, 6.45) is 7.36. The molecule has 0 radical (unpaired) electrons. The van der Waals surface area contributed by atoms with Gasteiger partial charge in [0.05, 0.1) is 5.69 Å². The highest BCUT2D eigenvalue weighted by Gasteiger charge is 1.89. The summed E-state index contributed by atoms with van der Waals surface area (Å²) in [6.45, 7) is 5.63. The van der Waals surface area contributed by atoms with Crippen molar-refractivity contribution in [2.24, 2.45) is 0 Å². The molecule has 0 aliphatic carbocycles. The van der Waals surface area contributed by atoms with E-state index in [-0.39, 0.29) is 7.43 Å². The highest BCUT2D eigenvalue weighted by molar-refractivity contribution is 5.50. The number of allylic oxidation sites excluding steroid dienone is 2. The van der Waals surface area contributed by atoms with Gasteiger partial charge in [-0.1, -0.05) is 32.2 Å². The van der Waals surface area contributed by atoms with Gasteiger partial charge in [-0.2, -0.15) is 0 Å². The van der Waals surface area contributed by atoms with E-state index < -0.39 is 0 Å². The molecule has 1 aromatic rings. The number of hydrogen-bond donors (Lipinski definition) is 0. The highest BCUT2D eigenvalue weighted by Crippen LogP contribution is 2.04. The van der Waals surface area contributed by atoms with Crippen LogP contribution >= 0.6 is 0 Å². The topological polar surface area (TPSA) is 12.9 Å². The van der Waals surface area contributed by atoms with E-state index in [0.717, 1.165) is 5.69 Å². The van der Waals surface area contributed by atoms with Crippen LogP contribution in [0.2, 0.25) is 0 Å². The van der Waals surface area contributed by atoms with E-state index in [4.69, 9.17) is 0 Å². The van der Waals surface area contributed by atoms with Crippen LogP contribution in [-0.2, 0) is 0 Å². The van der Waals surface area contributed by atoms with Crippen LogP contribution in [0.4, 0.5) is 0 Å². The average molecular weight is 161 g/mol. The molecule has 12 heavy (non-hydrogen) atoms. The molecule has 0 aliphatic heterocycles. The number of hydrogen-bond acceptors (Lipinski definition) is 1. The minimum absolute atomic E-state index is 0. The second kappa shape index (κ2) is 5.30. The van der Waals surface area contributed by atoms with Gasteiger partial charge < -0.3 is 0 Å². The molecule has 0 aromatic carbocycles. The molecule has 1 aromatic heterocycles. The first-order valence-corrected chi connectivity index (χ1v) is 3.55. The molecule has 0 spiro atoms. The maximum absolute atomic E-state index is 4.18. The van der Waals surface area contributed by atoms with Crippen molar-refractivity contribution in [1.29, 1.82) is 0 Å². The molecule has 0 amide bonds. The average Bonchev–Trinajstić information content (AvgIpc) is 2.03. The van der Waals surface area contributed by atoms with Crippen molar-refractivity contribution in [2.75, 3.05) is 0 Å². The third-order valence-electron chi connectivity index (χ3n) is 1.44. The van der Waals surface area contributed by atoms with Gasteiger partial charge in [-0.15, -0.1) is 0 Å². The molecule has 0 saturated heterocycles. The lowest BCUT2D eigenvalue weighted by Crippen LogP contribution is -1.83. The summed E-state index contributed by atoms with van der Waals surface area (Å²) >= 11 is 0. The van der Waals surface area contributed by atoms with E-state index in [1.807, 2.05) is 31.2 Å². The molecule has 0 fully saturated rings. The van der Waals surface area contributed by atoms with Crippen molar-refractivity contribution in [3.05, 3.63) is 48.3 Å². The van der Waals surface area contributed by atoms with Gasteiger partial charge in [0, 0.05) is 6.20 Å². The van der Waals surface area contributed by atoms with E-state index in [1.165, 1.54) is 5.56 Å². The Morgan fingerprint density at radius 2 is 2.25 bits per heavy atom. The zero-order valence-corrected chi connectivity index (χ0v) is 6.62. The zero-order chi connectivity index (χ0) is 8.10. The molecule has 1 heteroatoms. The summed E-state index contributed by atoms with van der Waals surface area (Å²) in [6, 6.07) is 3.97. The summed E-state index contributed by atoms with van der Waals surface area (Å²) in [5.74, 6) is 0. The number of aromatic nitrogens is 1. The third-order valence-corrected chi connectivity index (χ3v) is 1.44. The van der Waals surface area contributed by atoms with Crippen molar-refractivity contribution in [3.63, 3.8) is 0 Å². The number of aryl methyl sites for hydroxylation is 1. The molecule has 0 saturated carbocycles. The van der Waals surface area contributed by atoms with Gasteiger partial charge in [-0.3, -0.25) is 4.98 Å². The van der Waals surface area contributed by atoms with E-state index in [2.05, 4.69) is 11.6 Å². The summed E-state index contributed by atoms with van der Waals surface area (Å²) < 4.78 is 0. The Morgan fingerprint density at radius 1 is 1.50 bits per heavy atom. The van der Waals surface area contributed by atoms with Gasteiger partial charge in [0.2, 0.25) is 0 Å². The maximum Gasteiger partial charge on any atom is 0.0658 e. The molecule has 0 bridgehead atoms. The van der Waals surface area contributed by atoms with Crippen LogP contribution in [0.1, 0.15) is 18.7 Å². The number of nitrogens with zero attached hydrogens (tertiary/aromatic N) is 1. The van der Waals surface area contributed by atoms with Crippen LogP contribution in [0.3, 0.4) is 0 Å². The van der Waals surface area contributed by atoms with Crippen molar-refractivity contribution in [1.82, 2.24) is 4.98 Å². The monoisotopic (exact) mass is 161 g/mol. The first-order valence-electron chi connectivity index (χ1n) is 3.55. The Hall–Kier alpha value is -1.37. The van der Waals surface area contributed by atoms with Crippen molar-refractivity contribution >= 4 is 6.08 Å². The SMILES string of the molecule is C.C=C/C=C\c1ncccc1C. The quantitative estimate of drug-likeness (QED) is 0.607. The van der Waals surface area contributed by atoms with E-state index in [9.17, 15) is 0 Å². The fraction of sp³-hybridized carbons (Fsp3) is 0.182. The van der Waals surface area contributed by atoms with E-state index in [1.54, 1.807) is 12.3 Å². The van der Waals surface area contributed by atoms with Gasteiger partial charge >= 0.3 is 0 Å². The van der Waals surface area contributed by atoms with Gasteiger partial charge in [0.15, 0.2) is 0 Å². The van der Waals surface area contributed by atoms with Crippen LogP contribution in [0.25, 0.3) is 6.08 Å². The molecule has 1 heterocycles. The zero-order valence-electron chi connectivity index (χ0n) is 6.62. The minimum Gasteiger partial charge on any atom is -0.257 e. The standard InChI is InChI=1S/C10H11N.CH4/c1-3-4-7-10-9(2)6-5-8-11-10;/h3-8H,1H2,2H3;1H4/b7-4-;. The third kappa shape index (κ3) is 2.70. The van der Waals surface area contributed by atoms with Crippen LogP contribution in [0.5, 0.6) is 0 Å². The number of rotatable bonds is 2. The molecular weight excluding hydrogens is 146 g/mol. The summed E-state index contributed by atoms with van der Waals surface area (Å²) in [5.41, 5.74) is 2.19. The van der Waals surface area contributed by atoms with Gasteiger partial charge in [0.25, 0.3) is 0 Å². The largest absolute Gasteiger partial charge is 0.257 e. The predicted octanol–water partition coefficient (Wildman–Crippen LogP) is 3.23. The molecule has 0 N–H and O–H groups in total. The molecule has 0 aliphatic rings. The fourth-order valence-corrected chi connectivity index (χ4v) is 0.832. The molecule has 1 nitrogen and oxygen atoms in total. The van der Waals surface area contributed by atoms with Crippen molar-refractivity contribution in [2.45, 2.75) is 14.4 Å². The van der Waals surface area contributed by atoms with E-state index >= 15 is 0 Å². The maximum atomic E-state index is 4.18. The summed E-state index contributed by atoms with van der Waals surface area (Å²) in [7, 11) is 0. The molecule has 1 rings (SSSR count). The lowest BCUT2D eigenvalue weighted by atomic mass is 10.2. The normalized spacial score (nSPS) is 9.42. The van der Waals surface area contributed by atoms with Gasteiger partial charge in [0.1, 0.15) is 0 Å². The van der Waals surface area contributed by atoms with Crippen molar-refractivity contribution < 1.29 is 0 Å². The second-order valence-corrected chi connectivity index (χ2v) is 2.30. The second-order valence-electron chi connectivity index (χ2n) is 2.30. The minimum atomic E-state index is 0. The lowest BCUT2D eigenvalue weighted by molar-refractivity contribution is 1.24. The van der Waals surface area contributed by atoms with Crippen LogP contribution in [-0.4, -0.2) is 4.98 Å². The molecular formula is C11H15N. The molecule has 0 unspecified atom stereocenters. The van der Waals surface area contributed by atoms with Crippen LogP contribution < -0.4 is 0 Å². The molecule has 64 valence electrons. The van der Waals surface area contributed by atoms with Crippen LogP contribution in [0, 0.1) is 6.92 Å². The Morgan fingerprint density at radius 3 is 2.83 bits per heavy atom. The smallest absolute Gasteiger partial charge is 0.0658 e. The van der Waals surface area contributed by atoms with Crippen molar-refractivity contribution in [3.8, 4) is 0 Å². The number of pyridine rings is 1. The predicted molar refractivity (Wildman–Crippen MR) is 54.9 cm³/mol. The first-order chi connectivity index (χ1) is 5.34. The van der Waals surface area contributed by atoms with E-state index in [0.29, 0.717) is 0 Å². The highest BCUT2D eigenvalue weighted by atomic mass is 14.7. The first kappa shape index (κ1) is 10.6. The Labute approximate surface area is 74.5 Å². The van der Waals surface area contributed by atoms with Crippen LogP contribution in [0.15, 0.2) is 37.1 Å². The summed E-state index contributed by atoms with van der Waals surface area (Å²) in [4.78, 5) is 4.18.